The molecule has 1 rings (SSSR count). The molecule has 0 aliphatic heterocycles. The van der Waals surface area contributed by atoms with Crippen LogP contribution >= 0.6 is 27.5 Å². The minimum absolute atomic E-state index is 0.0759. The van der Waals surface area contributed by atoms with E-state index in [1.54, 1.807) is 13.8 Å². The summed E-state index contributed by atoms with van der Waals surface area (Å²) >= 11 is 8.73. The molecule has 0 heterocycles. The lowest BCUT2D eigenvalue weighted by molar-refractivity contribution is -0.137. The van der Waals surface area contributed by atoms with Crippen molar-refractivity contribution in [1.82, 2.24) is 5.32 Å². The van der Waals surface area contributed by atoms with E-state index in [4.69, 9.17) is 11.6 Å². The van der Waals surface area contributed by atoms with Gasteiger partial charge in [-0.25, -0.2) is 0 Å². The normalized spacial score (nSPS) is 12.4. The summed E-state index contributed by atoms with van der Waals surface area (Å²) in [7, 11) is 0. The van der Waals surface area contributed by atoms with Crippen LogP contribution in [0.5, 0.6) is 0 Å². The lowest BCUT2D eigenvalue weighted by Crippen LogP contribution is -2.45. The van der Waals surface area contributed by atoms with Crippen LogP contribution in [0.25, 0.3) is 0 Å². The minimum atomic E-state index is -4.49. The summed E-state index contributed by atoms with van der Waals surface area (Å²) in [5, 5.41) is 2.57. The van der Waals surface area contributed by atoms with Crippen molar-refractivity contribution in [2.45, 2.75) is 25.6 Å². The van der Waals surface area contributed by atoms with Gasteiger partial charge in [0.2, 0.25) is 0 Å². The molecule has 0 radical (unpaired) electrons. The number of hydrogen-bond acceptors (Lipinski definition) is 1. The number of hydrogen-bond donors (Lipinski definition) is 1. The van der Waals surface area contributed by atoms with Gasteiger partial charge in [0.15, 0.2) is 0 Å². The smallest absolute Gasteiger partial charge is 0.346 e. The van der Waals surface area contributed by atoms with Crippen LogP contribution < -0.4 is 5.32 Å². The number of carbonyl (C=O) groups excluding carboxylic acids is 1. The van der Waals surface area contributed by atoms with Crippen LogP contribution in [0, 0.1) is 0 Å². The molecule has 0 atom stereocenters. The average Bonchev–Trinajstić information content (AvgIpc) is 2.27. The van der Waals surface area contributed by atoms with Crippen LogP contribution in [0.4, 0.5) is 13.2 Å². The Morgan fingerprint density at radius 2 is 1.95 bits per heavy atom. The first-order chi connectivity index (χ1) is 8.57. The molecule has 2 nitrogen and oxygen atoms in total. The molecule has 0 saturated heterocycles. The molecule has 0 saturated carbocycles. The Morgan fingerprint density at radius 3 is 2.42 bits per heavy atom. The molecule has 0 bridgehead atoms. The fourth-order valence-corrected chi connectivity index (χ4v) is 1.78. The van der Waals surface area contributed by atoms with Gasteiger partial charge in [0.1, 0.15) is 0 Å². The number of benzene rings is 1. The van der Waals surface area contributed by atoms with Crippen molar-refractivity contribution >= 4 is 33.4 Å². The first-order valence-corrected chi connectivity index (χ1v) is 6.65. The highest BCUT2D eigenvalue weighted by molar-refractivity contribution is 9.10. The van der Waals surface area contributed by atoms with E-state index in [-0.39, 0.29) is 11.4 Å². The molecule has 1 N–H and O–H groups in total. The monoisotopic (exact) mass is 357 g/mol. The predicted molar refractivity (Wildman–Crippen MR) is 71.4 cm³/mol. The molecule has 1 aromatic rings. The second-order valence-corrected chi connectivity index (χ2v) is 5.79. The lowest BCUT2D eigenvalue weighted by Gasteiger charge is -2.23. The quantitative estimate of drug-likeness (QED) is 0.806. The van der Waals surface area contributed by atoms with Gasteiger partial charge in [-0.3, -0.25) is 4.79 Å². The second kappa shape index (κ2) is 5.71. The number of alkyl halides is 4. The summed E-state index contributed by atoms with van der Waals surface area (Å²) in [6.45, 7) is 3.36. The first-order valence-electron chi connectivity index (χ1n) is 5.32. The number of nitrogens with one attached hydrogen (secondary N) is 1. The maximum absolute atomic E-state index is 12.6. The van der Waals surface area contributed by atoms with E-state index in [2.05, 4.69) is 21.2 Å². The van der Waals surface area contributed by atoms with Gasteiger partial charge in [0.25, 0.3) is 5.91 Å². The van der Waals surface area contributed by atoms with E-state index >= 15 is 0 Å². The average molecular weight is 359 g/mol. The highest BCUT2D eigenvalue weighted by Crippen LogP contribution is 2.32. The van der Waals surface area contributed by atoms with Crippen LogP contribution in [0.1, 0.15) is 29.8 Å². The molecule has 0 aromatic heterocycles. The lowest BCUT2D eigenvalue weighted by atomic mass is 10.1. The largest absolute Gasteiger partial charge is 0.416 e. The summed E-state index contributed by atoms with van der Waals surface area (Å²) in [6, 6.07) is 2.92. The fourth-order valence-electron chi connectivity index (χ4n) is 1.28. The Labute approximate surface area is 122 Å². The van der Waals surface area contributed by atoms with Crippen LogP contribution in [0.2, 0.25) is 0 Å². The Balaban J connectivity index is 3.10. The van der Waals surface area contributed by atoms with E-state index < -0.39 is 23.2 Å². The van der Waals surface area contributed by atoms with E-state index in [0.29, 0.717) is 4.47 Å². The van der Waals surface area contributed by atoms with E-state index in [1.165, 1.54) is 6.07 Å². The van der Waals surface area contributed by atoms with E-state index in [1.807, 2.05) is 0 Å². The van der Waals surface area contributed by atoms with Gasteiger partial charge in [-0.2, -0.15) is 13.2 Å². The third kappa shape index (κ3) is 4.38. The number of amides is 1. The summed E-state index contributed by atoms with van der Waals surface area (Å²) in [5.41, 5.74) is -1.65. The van der Waals surface area contributed by atoms with Crippen molar-refractivity contribution < 1.29 is 18.0 Å². The number of halogens is 5. The van der Waals surface area contributed by atoms with Crippen LogP contribution in [0.3, 0.4) is 0 Å². The van der Waals surface area contributed by atoms with Crippen molar-refractivity contribution in [2.24, 2.45) is 0 Å². The Bertz CT molecular complexity index is 488. The van der Waals surface area contributed by atoms with Crippen molar-refractivity contribution in [3.8, 4) is 0 Å². The predicted octanol–water partition coefficient (Wildman–Crippen LogP) is 4.22. The van der Waals surface area contributed by atoms with Crippen LogP contribution in [-0.2, 0) is 6.18 Å². The molecule has 0 aliphatic carbocycles. The van der Waals surface area contributed by atoms with Crippen molar-refractivity contribution in [2.75, 3.05) is 5.88 Å². The Morgan fingerprint density at radius 1 is 1.37 bits per heavy atom. The molecule has 0 aliphatic rings. The molecule has 106 valence electrons. The maximum atomic E-state index is 12.6. The highest BCUT2D eigenvalue weighted by Gasteiger charge is 2.32. The van der Waals surface area contributed by atoms with Gasteiger partial charge in [0.05, 0.1) is 11.1 Å². The molecular weight excluding hydrogens is 346 g/mol. The SMILES string of the molecule is CC(C)(CCl)NC(=O)c1cc(C(F)(F)F)ccc1Br. The summed E-state index contributed by atoms with van der Waals surface area (Å²) in [5.74, 6) is -0.460. The van der Waals surface area contributed by atoms with Crippen LogP contribution in [-0.4, -0.2) is 17.3 Å². The molecule has 0 fully saturated rings. The zero-order valence-corrected chi connectivity index (χ0v) is 12.6. The summed E-state index contributed by atoms with van der Waals surface area (Å²) in [4.78, 5) is 12.0. The number of rotatable bonds is 3. The zero-order chi connectivity index (χ0) is 14.8. The topological polar surface area (TPSA) is 29.1 Å². The molecule has 7 heteroatoms. The Hall–Kier alpha value is -0.750. The van der Waals surface area contributed by atoms with Crippen molar-refractivity contribution in [3.05, 3.63) is 33.8 Å². The highest BCUT2D eigenvalue weighted by atomic mass is 79.9. The van der Waals surface area contributed by atoms with Crippen LogP contribution in [0.15, 0.2) is 22.7 Å². The van der Waals surface area contributed by atoms with Gasteiger partial charge < -0.3 is 5.32 Å². The molecule has 19 heavy (non-hydrogen) atoms. The van der Waals surface area contributed by atoms with Gasteiger partial charge in [-0.1, -0.05) is 0 Å². The third-order valence-corrected chi connectivity index (χ3v) is 3.68. The molecule has 1 aromatic carbocycles. The molecule has 1 amide bonds. The van der Waals surface area contributed by atoms with Gasteiger partial charge in [-0.15, -0.1) is 11.6 Å². The molecule has 0 spiro atoms. The third-order valence-electron chi connectivity index (χ3n) is 2.32. The van der Waals surface area contributed by atoms with Crippen molar-refractivity contribution in [3.63, 3.8) is 0 Å². The van der Waals surface area contributed by atoms with Gasteiger partial charge in [-0.05, 0) is 48.0 Å². The second-order valence-electron chi connectivity index (χ2n) is 4.66. The van der Waals surface area contributed by atoms with Crippen molar-refractivity contribution in [1.29, 1.82) is 0 Å². The van der Waals surface area contributed by atoms with Gasteiger partial charge in [0, 0.05) is 15.9 Å². The maximum Gasteiger partial charge on any atom is 0.416 e. The number of carbonyl (C=O) groups is 1. The fraction of sp³-hybridized carbons (Fsp3) is 0.417. The van der Waals surface area contributed by atoms with Gasteiger partial charge >= 0.3 is 6.18 Å². The van der Waals surface area contributed by atoms with E-state index in [0.717, 1.165) is 12.1 Å². The molecule has 0 unspecified atom stereocenters. The Kier molecular flexibility index (Phi) is 4.90. The van der Waals surface area contributed by atoms with E-state index in [9.17, 15) is 18.0 Å². The minimum Gasteiger partial charge on any atom is -0.346 e. The first kappa shape index (κ1) is 16.3. The zero-order valence-electron chi connectivity index (χ0n) is 10.2. The standard InChI is InChI=1S/C12H12BrClF3NO/c1-11(2,6-14)18-10(19)8-5-7(12(15,16)17)3-4-9(8)13/h3-5H,6H2,1-2H3,(H,18,19). The summed E-state index contributed by atoms with van der Waals surface area (Å²) in [6.07, 6.45) is -4.49. The summed E-state index contributed by atoms with van der Waals surface area (Å²) < 4.78 is 38.1. The molecular formula is C12H12BrClF3NO.